The van der Waals surface area contributed by atoms with Crippen molar-refractivity contribution in [1.82, 2.24) is 0 Å². The second kappa shape index (κ2) is 7.04. The summed E-state index contributed by atoms with van der Waals surface area (Å²) in [6.45, 7) is 3.71. The fourth-order valence-electron chi connectivity index (χ4n) is 2.36. The molecule has 0 aromatic heterocycles. The summed E-state index contributed by atoms with van der Waals surface area (Å²) in [7, 11) is 0. The van der Waals surface area contributed by atoms with E-state index < -0.39 is 6.10 Å². The lowest BCUT2D eigenvalue weighted by Gasteiger charge is -2.16. The number of benzene rings is 2. The van der Waals surface area contributed by atoms with Crippen molar-refractivity contribution in [2.75, 3.05) is 5.32 Å². The number of carbonyl (C=O) groups excluding carboxylic acids is 1. The largest absolute Gasteiger partial charge is 0.389 e. The number of aliphatic hydroxyl groups is 1. The van der Waals surface area contributed by atoms with E-state index in [9.17, 15) is 9.90 Å². The lowest BCUT2D eigenvalue weighted by atomic mass is 9.95. The Kier molecular flexibility index (Phi) is 5.12. The van der Waals surface area contributed by atoms with Crippen LogP contribution in [0.1, 0.15) is 43.4 Å². The van der Waals surface area contributed by atoms with Crippen LogP contribution >= 0.6 is 0 Å². The molecule has 2 rings (SSSR count). The quantitative estimate of drug-likeness (QED) is 0.875. The lowest BCUT2D eigenvalue weighted by molar-refractivity contribution is -0.117. The molecule has 2 aromatic rings. The smallest absolute Gasteiger partial charge is 0.231 e. The monoisotopic (exact) mass is 283 g/mol. The summed E-state index contributed by atoms with van der Waals surface area (Å²) in [5.41, 5.74) is 2.53. The highest BCUT2D eigenvalue weighted by Crippen LogP contribution is 2.23. The van der Waals surface area contributed by atoms with Gasteiger partial charge in [0.2, 0.25) is 5.91 Å². The molecule has 2 aromatic carbocycles. The molecule has 0 fully saturated rings. The predicted molar refractivity (Wildman–Crippen MR) is 85.2 cm³/mol. The molecule has 3 heteroatoms. The first-order valence-corrected chi connectivity index (χ1v) is 7.25. The van der Waals surface area contributed by atoms with Gasteiger partial charge in [-0.25, -0.2) is 0 Å². The van der Waals surface area contributed by atoms with Gasteiger partial charge in [-0.05, 0) is 36.6 Å². The van der Waals surface area contributed by atoms with Crippen LogP contribution in [0.25, 0.3) is 0 Å². The average molecular weight is 283 g/mol. The van der Waals surface area contributed by atoms with Gasteiger partial charge in [0.1, 0.15) is 0 Å². The van der Waals surface area contributed by atoms with Crippen molar-refractivity contribution >= 4 is 11.6 Å². The topological polar surface area (TPSA) is 49.3 Å². The van der Waals surface area contributed by atoms with Crippen molar-refractivity contribution in [2.24, 2.45) is 0 Å². The van der Waals surface area contributed by atoms with Gasteiger partial charge in [0, 0.05) is 5.69 Å². The third-order valence-corrected chi connectivity index (χ3v) is 3.56. The molecule has 2 N–H and O–H groups in total. The van der Waals surface area contributed by atoms with Crippen molar-refractivity contribution in [3.8, 4) is 0 Å². The lowest BCUT2D eigenvalue weighted by Crippen LogP contribution is -2.20. The Bertz CT molecular complexity index is 593. The molecule has 2 atom stereocenters. The number of aliphatic hydroxyl groups excluding tert-OH is 1. The van der Waals surface area contributed by atoms with Crippen LogP contribution < -0.4 is 5.32 Å². The molecule has 0 aliphatic carbocycles. The van der Waals surface area contributed by atoms with Crippen LogP contribution in [0.15, 0.2) is 54.6 Å². The van der Waals surface area contributed by atoms with Crippen LogP contribution in [0.3, 0.4) is 0 Å². The summed E-state index contributed by atoms with van der Waals surface area (Å²) in [5, 5.41) is 12.5. The maximum atomic E-state index is 12.5. The summed E-state index contributed by atoms with van der Waals surface area (Å²) >= 11 is 0. The van der Waals surface area contributed by atoms with E-state index in [1.807, 2.05) is 55.5 Å². The summed E-state index contributed by atoms with van der Waals surface area (Å²) in [5.74, 6) is -0.187. The Morgan fingerprint density at radius 3 is 2.38 bits per heavy atom. The van der Waals surface area contributed by atoms with Crippen molar-refractivity contribution < 1.29 is 9.90 Å². The van der Waals surface area contributed by atoms with Crippen LogP contribution in [0.4, 0.5) is 5.69 Å². The van der Waals surface area contributed by atoms with Crippen molar-refractivity contribution in [1.29, 1.82) is 0 Å². The van der Waals surface area contributed by atoms with Gasteiger partial charge in [0.25, 0.3) is 0 Å². The van der Waals surface area contributed by atoms with E-state index in [-0.39, 0.29) is 11.8 Å². The van der Waals surface area contributed by atoms with Gasteiger partial charge in [0.15, 0.2) is 0 Å². The van der Waals surface area contributed by atoms with E-state index in [1.165, 1.54) is 0 Å². The number of rotatable bonds is 5. The summed E-state index contributed by atoms with van der Waals surface area (Å²) in [6, 6.07) is 17.1. The Labute approximate surface area is 125 Å². The molecule has 110 valence electrons. The summed E-state index contributed by atoms with van der Waals surface area (Å²) in [4.78, 5) is 12.5. The first kappa shape index (κ1) is 15.3. The highest BCUT2D eigenvalue weighted by molar-refractivity contribution is 5.95. The molecule has 0 unspecified atom stereocenters. The SMILES string of the molecule is CC[C@@H](C(=O)Nc1cccc([C@@H](C)O)c1)c1ccccc1. The van der Waals surface area contributed by atoms with E-state index in [0.717, 1.165) is 17.5 Å². The number of carbonyl (C=O) groups is 1. The first-order valence-electron chi connectivity index (χ1n) is 7.25. The molecule has 0 aliphatic rings. The van der Waals surface area contributed by atoms with Gasteiger partial charge in [-0.1, -0.05) is 49.4 Å². The van der Waals surface area contributed by atoms with E-state index in [1.54, 1.807) is 13.0 Å². The van der Waals surface area contributed by atoms with Crippen LogP contribution in [0.2, 0.25) is 0 Å². The summed E-state index contributed by atoms with van der Waals surface area (Å²) in [6.07, 6.45) is 0.198. The van der Waals surface area contributed by atoms with Gasteiger partial charge in [-0.3, -0.25) is 4.79 Å². The zero-order valence-corrected chi connectivity index (χ0v) is 12.4. The molecule has 0 saturated carbocycles. The minimum absolute atomic E-state index is 0.0218. The molecular weight excluding hydrogens is 262 g/mol. The van der Waals surface area contributed by atoms with Gasteiger partial charge >= 0.3 is 0 Å². The Morgan fingerprint density at radius 2 is 1.76 bits per heavy atom. The average Bonchev–Trinajstić information content (AvgIpc) is 2.49. The van der Waals surface area contributed by atoms with E-state index in [2.05, 4.69) is 5.32 Å². The minimum Gasteiger partial charge on any atom is -0.389 e. The van der Waals surface area contributed by atoms with Gasteiger partial charge in [-0.2, -0.15) is 0 Å². The van der Waals surface area contributed by atoms with Crippen LogP contribution in [0.5, 0.6) is 0 Å². The number of anilines is 1. The molecule has 0 radical (unpaired) electrons. The maximum Gasteiger partial charge on any atom is 0.231 e. The standard InChI is InChI=1S/C18H21NO2/c1-3-17(14-8-5-4-6-9-14)18(21)19-16-11-7-10-15(12-16)13(2)20/h4-13,17,20H,3H2,1-2H3,(H,19,21)/t13-,17-/m1/s1. The minimum atomic E-state index is -0.544. The predicted octanol–water partition coefficient (Wildman–Crippen LogP) is 3.87. The molecule has 0 aliphatic heterocycles. The van der Waals surface area contributed by atoms with E-state index in [4.69, 9.17) is 0 Å². The molecule has 0 bridgehead atoms. The number of hydrogen-bond donors (Lipinski definition) is 2. The molecule has 21 heavy (non-hydrogen) atoms. The van der Waals surface area contributed by atoms with E-state index in [0.29, 0.717) is 5.69 Å². The second-order valence-electron chi connectivity index (χ2n) is 5.16. The fraction of sp³-hybridized carbons (Fsp3) is 0.278. The highest BCUT2D eigenvalue weighted by Gasteiger charge is 2.18. The normalized spacial score (nSPS) is 13.5. The molecule has 3 nitrogen and oxygen atoms in total. The van der Waals surface area contributed by atoms with Gasteiger partial charge < -0.3 is 10.4 Å². The molecule has 0 saturated heterocycles. The Balaban J connectivity index is 2.15. The van der Waals surface area contributed by atoms with Crippen LogP contribution in [0, 0.1) is 0 Å². The highest BCUT2D eigenvalue weighted by atomic mass is 16.3. The summed E-state index contributed by atoms with van der Waals surface area (Å²) < 4.78 is 0. The Hall–Kier alpha value is -2.13. The van der Waals surface area contributed by atoms with Crippen molar-refractivity contribution in [3.05, 3.63) is 65.7 Å². The van der Waals surface area contributed by atoms with Crippen LogP contribution in [-0.2, 0) is 4.79 Å². The third kappa shape index (κ3) is 3.92. The third-order valence-electron chi connectivity index (χ3n) is 3.56. The fourth-order valence-corrected chi connectivity index (χ4v) is 2.36. The molecule has 0 heterocycles. The number of hydrogen-bond acceptors (Lipinski definition) is 2. The van der Waals surface area contributed by atoms with Gasteiger partial charge in [-0.15, -0.1) is 0 Å². The van der Waals surface area contributed by atoms with Crippen molar-refractivity contribution in [3.63, 3.8) is 0 Å². The maximum absolute atomic E-state index is 12.5. The number of amides is 1. The van der Waals surface area contributed by atoms with Crippen molar-refractivity contribution in [2.45, 2.75) is 32.3 Å². The van der Waals surface area contributed by atoms with E-state index >= 15 is 0 Å². The molecule has 0 spiro atoms. The molecule has 1 amide bonds. The van der Waals surface area contributed by atoms with Crippen LogP contribution in [-0.4, -0.2) is 11.0 Å². The second-order valence-corrected chi connectivity index (χ2v) is 5.16. The number of nitrogens with one attached hydrogen (secondary N) is 1. The Morgan fingerprint density at radius 1 is 1.10 bits per heavy atom. The first-order chi connectivity index (χ1) is 10.1. The van der Waals surface area contributed by atoms with Gasteiger partial charge in [0.05, 0.1) is 12.0 Å². The zero-order chi connectivity index (χ0) is 15.2. The zero-order valence-electron chi connectivity index (χ0n) is 12.4. The molecular formula is C18H21NO2.